The second-order valence-corrected chi connectivity index (χ2v) is 5.28. The molecule has 0 aliphatic carbocycles. The summed E-state index contributed by atoms with van der Waals surface area (Å²) in [6, 6.07) is 6.84. The van der Waals surface area contributed by atoms with E-state index in [4.69, 9.17) is 0 Å². The molecule has 0 fully saturated rings. The molecule has 1 aromatic carbocycles. The van der Waals surface area contributed by atoms with E-state index < -0.39 is 6.61 Å². The summed E-state index contributed by atoms with van der Waals surface area (Å²) in [5.74, 6) is 0.179. The lowest BCUT2D eigenvalue weighted by molar-refractivity contribution is -0.0498. The minimum absolute atomic E-state index is 0.149. The number of ether oxygens (including phenoxy) is 1. The molecule has 0 saturated heterocycles. The van der Waals surface area contributed by atoms with Crippen molar-refractivity contribution in [3.63, 3.8) is 0 Å². The van der Waals surface area contributed by atoms with E-state index in [9.17, 15) is 8.78 Å². The molecule has 1 heterocycles. The van der Waals surface area contributed by atoms with Crippen LogP contribution in [0.1, 0.15) is 23.5 Å². The Morgan fingerprint density at radius 3 is 2.65 bits per heavy atom. The summed E-state index contributed by atoms with van der Waals surface area (Å²) >= 11 is 1.64. The van der Waals surface area contributed by atoms with E-state index in [0.717, 1.165) is 23.5 Å². The summed E-state index contributed by atoms with van der Waals surface area (Å²) in [6.45, 7) is 0.0733. The van der Waals surface area contributed by atoms with Crippen LogP contribution in [0.3, 0.4) is 0 Å². The molecule has 0 aliphatic heterocycles. The quantitative estimate of drug-likeness (QED) is 0.847. The SMILES string of the molecule is CC(NCCc1nccs1)c1ccc(OC(F)F)cc1. The Hall–Kier alpha value is -1.53. The molecule has 2 rings (SSSR count). The molecule has 3 nitrogen and oxygen atoms in total. The molecule has 1 aromatic heterocycles. The van der Waals surface area contributed by atoms with Crippen LogP contribution in [0.25, 0.3) is 0 Å². The normalized spacial score (nSPS) is 12.6. The molecule has 108 valence electrons. The van der Waals surface area contributed by atoms with Gasteiger partial charge in [-0.3, -0.25) is 0 Å². The minimum atomic E-state index is -2.78. The Balaban J connectivity index is 1.81. The highest BCUT2D eigenvalue weighted by Crippen LogP contribution is 2.19. The lowest BCUT2D eigenvalue weighted by Crippen LogP contribution is -2.21. The molecular formula is C14H16F2N2OS. The van der Waals surface area contributed by atoms with Crippen molar-refractivity contribution in [1.29, 1.82) is 0 Å². The van der Waals surface area contributed by atoms with E-state index in [2.05, 4.69) is 15.0 Å². The summed E-state index contributed by atoms with van der Waals surface area (Å²) in [4.78, 5) is 4.22. The van der Waals surface area contributed by atoms with Crippen molar-refractivity contribution in [1.82, 2.24) is 10.3 Å². The first-order valence-electron chi connectivity index (χ1n) is 6.31. The number of nitrogens with zero attached hydrogens (tertiary/aromatic N) is 1. The fraction of sp³-hybridized carbons (Fsp3) is 0.357. The Bertz CT molecular complexity index is 502. The van der Waals surface area contributed by atoms with Gasteiger partial charge >= 0.3 is 6.61 Å². The number of halogens is 2. The van der Waals surface area contributed by atoms with Gasteiger partial charge in [-0.2, -0.15) is 8.78 Å². The lowest BCUT2D eigenvalue weighted by Gasteiger charge is -2.14. The Kier molecular flexibility index (Phi) is 5.43. The summed E-state index contributed by atoms with van der Waals surface area (Å²) in [6.07, 6.45) is 2.68. The third-order valence-corrected chi connectivity index (χ3v) is 3.72. The topological polar surface area (TPSA) is 34.2 Å². The molecule has 2 aromatic rings. The van der Waals surface area contributed by atoms with Crippen LogP contribution in [0.4, 0.5) is 8.78 Å². The van der Waals surface area contributed by atoms with Crippen LogP contribution in [0.5, 0.6) is 5.75 Å². The number of thiazole rings is 1. The Labute approximate surface area is 120 Å². The molecule has 1 unspecified atom stereocenters. The Morgan fingerprint density at radius 2 is 2.05 bits per heavy atom. The van der Waals surface area contributed by atoms with Gasteiger partial charge in [0.15, 0.2) is 0 Å². The van der Waals surface area contributed by atoms with E-state index in [-0.39, 0.29) is 11.8 Å². The number of nitrogens with one attached hydrogen (secondary N) is 1. The van der Waals surface area contributed by atoms with Crippen molar-refractivity contribution in [3.05, 3.63) is 46.4 Å². The van der Waals surface area contributed by atoms with E-state index in [1.807, 2.05) is 12.3 Å². The van der Waals surface area contributed by atoms with E-state index in [1.165, 1.54) is 0 Å². The first kappa shape index (κ1) is 14.9. The van der Waals surface area contributed by atoms with Crippen LogP contribution < -0.4 is 10.1 Å². The van der Waals surface area contributed by atoms with Crippen LogP contribution in [0.2, 0.25) is 0 Å². The molecule has 0 amide bonds. The smallest absolute Gasteiger partial charge is 0.387 e. The molecule has 0 spiro atoms. The van der Waals surface area contributed by atoms with Gasteiger partial charge in [-0.25, -0.2) is 4.98 Å². The van der Waals surface area contributed by atoms with Crippen LogP contribution in [-0.4, -0.2) is 18.1 Å². The van der Waals surface area contributed by atoms with Gasteiger partial charge in [-0.05, 0) is 24.6 Å². The third-order valence-electron chi connectivity index (χ3n) is 2.88. The van der Waals surface area contributed by atoms with Gasteiger partial charge in [-0.1, -0.05) is 12.1 Å². The van der Waals surface area contributed by atoms with E-state index in [1.54, 1.807) is 41.8 Å². The molecule has 0 radical (unpaired) electrons. The van der Waals surface area contributed by atoms with Gasteiger partial charge in [-0.15, -0.1) is 11.3 Å². The molecular weight excluding hydrogens is 282 g/mol. The van der Waals surface area contributed by atoms with Gasteiger partial charge in [0, 0.05) is 30.6 Å². The van der Waals surface area contributed by atoms with Gasteiger partial charge in [0.1, 0.15) is 5.75 Å². The average Bonchev–Trinajstić information content (AvgIpc) is 2.92. The number of alkyl halides is 2. The monoisotopic (exact) mass is 298 g/mol. The second-order valence-electron chi connectivity index (χ2n) is 4.30. The molecule has 0 aliphatic rings. The van der Waals surface area contributed by atoms with Crippen LogP contribution in [-0.2, 0) is 6.42 Å². The number of aromatic nitrogens is 1. The molecule has 0 saturated carbocycles. The summed E-state index contributed by atoms with van der Waals surface area (Å²) in [7, 11) is 0. The highest BCUT2D eigenvalue weighted by molar-refractivity contribution is 7.09. The number of hydrogen-bond acceptors (Lipinski definition) is 4. The van der Waals surface area contributed by atoms with Crippen molar-refractivity contribution in [2.45, 2.75) is 26.0 Å². The largest absolute Gasteiger partial charge is 0.435 e. The lowest BCUT2D eigenvalue weighted by atomic mass is 10.1. The maximum Gasteiger partial charge on any atom is 0.387 e. The van der Waals surface area contributed by atoms with E-state index in [0.29, 0.717) is 0 Å². The predicted molar refractivity (Wildman–Crippen MR) is 75.3 cm³/mol. The first-order chi connectivity index (χ1) is 9.65. The fourth-order valence-electron chi connectivity index (χ4n) is 1.83. The summed E-state index contributed by atoms with van der Waals surface area (Å²) in [5.41, 5.74) is 1.03. The van der Waals surface area contributed by atoms with Gasteiger partial charge < -0.3 is 10.1 Å². The van der Waals surface area contributed by atoms with Gasteiger partial charge in [0.05, 0.1) is 5.01 Å². The molecule has 1 N–H and O–H groups in total. The highest BCUT2D eigenvalue weighted by Gasteiger charge is 2.07. The molecule has 1 atom stereocenters. The van der Waals surface area contributed by atoms with Crippen LogP contribution >= 0.6 is 11.3 Å². The zero-order valence-electron chi connectivity index (χ0n) is 11.1. The summed E-state index contributed by atoms with van der Waals surface area (Å²) in [5, 5.41) is 6.44. The first-order valence-corrected chi connectivity index (χ1v) is 7.19. The number of benzene rings is 1. The van der Waals surface area contributed by atoms with Crippen molar-refractivity contribution in [2.24, 2.45) is 0 Å². The van der Waals surface area contributed by atoms with Crippen molar-refractivity contribution in [3.8, 4) is 5.75 Å². The predicted octanol–water partition coefficient (Wildman–Crippen LogP) is 3.64. The average molecular weight is 298 g/mol. The van der Waals surface area contributed by atoms with Crippen molar-refractivity contribution < 1.29 is 13.5 Å². The van der Waals surface area contributed by atoms with Crippen molar-refractivity contribution in [2.75, 3.05) is 6.54 Å². The molecule has 20 heavy (non-hydrogen) atoms. The fourth-order valence-corrected chi connectivity index (χ4v) is 2.45. The van der Waals surface area contributed by atoms with Crippen molar-refractivity contribution >= 4 is 11.3 Å². The van der Waals surface area contributed by atoms with E-state index >= 15 is 0 Å². The summed E-state index contributed by atoms with van der Waals surface area (Å²) < 4.78 is 28.4. The zero-order chi connectivity index (χ0) is 14.4. The number of hydrogen-bond donors (Lipinski definition) is 1. The molecule has 0 bridgehead atoms. The maximum atomic E-state index is 12.0. The third kappa shape index (κ3) is 4.54. The molecule has 6 heteroatoms. The van der Waals surface area contributed by atoms with Crippen LogP contribution in [0.15, 0.2) is 35.8 Å². The maximum absolute atomic E-state index is 12.0. The highest BCUT2D eigenvalue weighted by atomic mass is 32.1. The number of rotatable bonds is 7. The second kappa shape index (κ2) is 7.31. The van der Waals surface area contributed by atoms with Gasteiger partial charge in [0.25, 0.3) is 0 Å². The Morgan fingerprint density at radius 1 is 1.30 bits per heavy atom. The standard InChI is InChI=1S/C14H16F2N2OS/c1-10(17-7-6-13-18-8-9-20-13)11-2-4-12(5-3-11)19-14(15)16/h2-5,8-10,14,17H,6-7H2,1H3. The van der Waals surface area contributed by atoms with Crippen LogP contribution in [0, 0.1) is 0 Å². The minimum Gasteiger partial charge on any atom is -0.435 e. The zero-order valence-corrected chi connectivity index (χ0v) is 11.9. The van der Waals surface area contributed by atoms with Gasteiger partial charge in [0.2, 0.25) is 0 Å².